The van der Waals surface area contributed by atoms with Crippen molar-refractivity contribution in [3.63, 3.8) is 0 Å². The van der Waals surface area contributed by atoms with Gasteiger partial charge in [-0.25, -0.2) is 9.78 Å². The Bertz CT molecular complexity index is 1260. The number of fused-ring (bicyclic) bond motifs is 1. The zero-order chi connectivity index (χ0) is 21.1. The molecule has 0 fully saturated rings. The molecule has 30 heavy (non-hydrogen) atoms. The van der Waals surface area contributed by atoms with E-state index in [4.69, 9.17) is 0 Å². The minimum absolute atomic E-state index is 0.115. The lowest BCUT2D eigenvalue weighted by Crippen LogP contribution is -2.05. The van der Waals surface area contributed by atoms with Crippen molar-refractivity contribution in [3.05, 3.63) is 89.7 Å². The number of nitrogens with zero attached hydrogens (tertiary/aromatic N) is 2. The molecule has 2 N–H and O–H groups in total. The number of imidazole rings is 1. The first-order valence-electron chi connectivity index (χ1n) is 9.38. The molecule has 6 nitrogen and oxygen atoms in total. The number of carbonyl (C=O) groups is 2. The molecule has 148 valence electrons. The largest absolute Gasteiger partial charge is 0.478 e. The van der Waals surface area contributed by atoms with Crippen molar-refractivity contribution in [2.75, 3.05) is 5.32 Å². The lowest BCUT2D eigenvalue weighted by molar-refractivity contribution is -0.114. The molecule has 0 bridgehead atoms. The topological polar surface area (TPSA) is 84.2 Å². The molecular formula is C24H19N3O3. The molecule has 1 heterocycles. The van der Waals surface area contributed by atoms with Gasteiger partial charge in [0.05, 0.1) is 16.6 Å². The van der Waals surface area contributed by atoms with Crippen molar-refractivity contribution >= 4 is 40.7 Å². The molecule has 0 spiro atoms. The summed E-state index contributed by atoms with van der Waals surface area (Å²) in [4.78, 5) is 27.2. The van der Waals surface area contributed by atoms with Crippen molar-refractivity contribution in [3.8, 4) is 5.69 Å². The van der Waals surface area contributed by atoms with Crippen LogP contribution >= 0.6 is 0 Å². The maximum absolute atomic E-state index is 11.3. The van der Waals surface area contributed by atoms with Crippen LogP contribution in [-0.2, 0) is 4.79 Å². The fourth-order valence-electron chi connectivity index (χ4n) is 3.24. The number of para-hydroxylation sites is 1. The van der Waals surface area contributed by atoms with E-state index in [9.17, 15) is 14.7 Å². The highest BCUT2D eigenvalue weighted by molar-refractivity contribution is 5.93. The zero-order valence-electron chi connectivity index (χ0n) is 16.2. The predicted molar refractivity (Wildman–Crippen MR) is 118 cm³/mol. The lowest BCUT2D eigenvalue weighted by atomic mass is 10.2. The van der Waals surface area contributed by atoms with Gasteiger partial charge >= 0.3 is 5.97 Å². The highest BCUT2D eigenvalue weighted by atomic mass is 16.4. The van der Waals surface area contributed by atoms with Gasteiger partial charge in [-0.05, 0) is 54.1 Å². The third-order valence-corrected chi connectivity index (χ3v) is 4.60. The van der Waals surface area contributed by atoms with E-state index in [2.05, 4.69) is 10.3 Å². The fraction of sp³-hybridized carbons (Fsp3) is 0.0417. The summed E-state index contributed by atoms with van der Waals surface area (Å²) in [5, 5.41) is 12.0. The Morgan fingerprint density at radius 1 is 0.967 bits per heavy atom. The van der Waals surface area contributed by atoms with Gasteiger partial charge in [-0.1, -0.05) is 36.4 Å². The van der Waals surface area contributed by atoms with Crippen LogP contribution in [0.25, 0.3) is 28.9 Å². The second-order valence-corrected chi connectivity index (χ2v) is 6.79. The Balaban J connectivity index is 1.76. The van der Waals surface area contributed by atoms with Gasteiger partial charge in [0, 0.05) is 18.3 Å². The van der Waals surface area contributed by atoms with Crippen LogP contribution in [0.5, 0.6) is 0 Å². The number of aromatic carboxylic acids is 1. The molecule has 0 unspecified atom stereocenters. The number of hydrogen-bond donors (Lipinski definition) is 2. The molecule has 0 aliphatic rings. The van der Waals surface area contributed by atoms with Crippen LogP contribution in [0.3, 0.4) is 0 Å². The maximum Gasteiger partial charge on any atom is 0.335 e. The molecule has 0 atom stereocenters. The Morgan fingerprint density at radius 3 is 2.37 bits per heavy atom. The maximum atomic E-state index is 11.3. The van der Waals surface area contributed by atoms with Crippen LogP contribution in [0.4, 0.5) is 5.69 Å². The highest BCUT2D eigenvalue weighted by Gasteiger charge is 2.13. The summed E-state index contributed by atoms with van der Waals surface area (Å²) >= 11 is 0. The van der Waals surface area contributed by atoms with Crippen molar-refractivity contribution in [2.24, 2.45) is 0 Å². The normalized spacial score (nSPS) is 11.1. The molecule has 3 aromatic carbocycles. The molecule has 4 aromatic rings. The average Bonchev–Trinajstić information content (AvgIpc) is 3.11. The first-order valence-corrected chi connectivity index (χ1v) is 9.38. The molecule has 0 aliphatic heterocycles. The molecular weight excluding hydrogens is 378 g/mol. The fourth-order valence-corrected chi connectivity index (χ4v) is 3.24. The zero-order valence-corrected chi connectivity index (χ0v) is 16.2. The van der Waals surface area contributed by atoms with Crippen LogP contribution in [0.15, 0.2) is 72.8 Å². The third kappa shape index (κ3) is 3.98. The second kappa shape index (κ2) is 8.05. The van der Waals surface area contributed by atoms with E-state index in [1.54, 1.807) is 18.2 Å². The number of carbonyl (C=O) groups excluding carboxylic acids is 1. The number of rotatable bonds is 5. The van der Waals surface area contributed by atoms with Crippen LogP contribution in [0.1, 0.15) is 28.7 Å². The van der Waals surface area contributed by atoms with Crippen molar-refractivity contribution in [2.45, 2.75) is 6.92 Å². The number of anilines is 1. The predicted octanol–water partition coefficient (Wildman–Crippen LogP) is 4.85. The summed E-state index contributed by atoms with van der Waals surface area (Å²) in [7, 11) is 0. The molecule has 6 heteroatoms. The average molecular weight is 397 g/mol. The Labute approximate surface area is 173 Å². The smallest absolute Gasteiger partial charge is 0.335 e. The van der Waals surface area contributed by atoms with Crippen LogP contribution < -0.4 is 5.32 Å². The lowest BCUT2D eigenvalue weighted by Gasteiger charge is -2.07. The van der Waals surface area contributed by atoms with Crippen LogP contribution in [-0.4, -0.2) is 26.5 Å². The number of hydrogen-bond acceptors (Lipinski definition) is 3. The first-order chi connectivity index (χ1) is 14.5. The molecule has 1 amide bonds. The number of benzene rings is 3. The van der Waals surface area contributed by atoms with Gasteiger partial charge in [0.1, 0.15) is 5.82 Å². The molecule has 0 aliphatic carbocycles. The monoisotopic (exact) mass is 397 g/mol. The molecule has 1 aromatic heterocycles. The van der Waals surface area contributed by atoms with Crippen molar-refractivity contribution < 1.29 is 14.7 Å². The van der Waals surface area contributed by atoms with E-state index in [0.29, 0.717) is 11.3 Å². The number of carboxylic acid groups (broad SMARTS) is 1. The van der Waals surface area contributed by atoms with E-state index in [1.165, 1.54) is 6.92 Å². The minimum atomic E-state index is -0.984. The van der Waals surface area contributed by atoms with Gasteiger partial charge in [0.15, 0.2) is 0 Å². The van der Waals surface area contributed by atoms with Gasteiger partial charge in [-0.3, -0.25) is 9.36 Å². The first kappa shape index (κ1) is 19.1. The SMILES string of the molecule is CC(=O)Nc1ccc(/C=C/c2nc3cc(C(=O)O)ccc3n2-c2ccccc2)cc1. The molecule has 4 rings (SSSR count). The Kier molecular flexibility index (Phi) is 5.13. The minimum Gasteiger partial charge on any atom is -0.478 e. The van der Waals surface area contributed by atoms with Crippen LogP contribution in [0.2, 0.25) is 0 Å². The summed E-state index contributed by atoms with van der Waals surface area (Å²) < 4.78 is 1.99. The third-order valence-electron chi connectivity index (χ3n) is 4.60. The van der Waals surface area contributed by atoms with E-state index in [1.807, 2.05) is 71.3 Å². The number of nitrogens with one attached hydrogen (secondary N) is 1. The van der Waals surface area contributed by atoms with Gasteiger partial charge in [-0.15, -0.1) is 0 Å². The van der Waals surface area contributed by atoms with E-state index in [-0.39, 0.29) is 11.5 Å². The van der Waals surface area contributed by atoms with Gasteiger partial charge < -0.3 is 10.4 Å². The molecule has 0 saturated heterocycles. The van der Waals surface area contributed by atoms with E-state index < -0.39 is 5.97 Å². The van der Waals surface area contributed by atoms with Crippen molar-refractivity contribution in [1.82, 2.24) is 9.55 Å². The number of aromatic nitrogens is 2. The summed E-state index contributed by atoms with van der Waals surface area (Å²) in [6, 6.07) is 22.2. The van der Waals surface area contributed by atoms with Gasteiger partial charge in [-0.2, -0.15) is 0 Å². The molecule has 0 saturated carbocycles. The number of amides is 1. The summed E-state index contributed by atoms with van der Waals surface area (Å²) in [5.41, 5.74) is 4.25. The standard InChI is InChI=1S/C24H19N3O3/c1-16(28)25-19-11-7-17(8-12-19)9-14-23-26-21-15-18(24(29)30)10-13-22(21)27(23)20-5-3-2-4-6-20/h2-15H,1H3,(H,25,28)(H,29,30)/b14-9+. The quantitative estimate of drug-likeness (QED) is 0.504. The van der Waals surface area contributed by atoms with Crippen molar-refractivity contribution in [1.29, 1.82) is 0 Å². The number of carboxylic acids is 1. The molecule has 0 radical (unpaired) electrons. The summed E-state index contributed by atoms with van der Waals surface area (Å²) in [5.74, 6) is -0.414. The van der Waals surface area contributed by atoms with E-state index >= 15 is 0 Å². The second-order valence-electron chi connectivity index (χ2n) is 6.79. The van der Waals surface area contributed by atoms with E-state index in [0.717, 1.165) is 22.5 Å². The Morgan fingerprint density at radius 2 is 1.70 bits per heavy atom. The van der Waals surface area contributed by atoms with Gasteiger partial charge in [0.2, 0.25) is 5.91 Å². The Hall–Kier alpha value is -4.19. The summed E-state index contributed by atoms with van der Waals surface area (Å²) in [6.45, 7) is 1.47. The summed E-state index contributed by atoms with van der Waals surface area (Å²) in [6.07, 6.45) is 3.82. The highest BCUT2D eigenvalue weighted by Crippen LogP contribution is 2.24. The van der Waals surface area contributed by atoms with Gasteiger partial charge in [0.25, 0.3) is 0 Å². The van der Waals surface area contributed by atoms with Crippen LogP contribution in [0, 0.1) is 0 Å².